The van der Waals surface area contributed by atoms with E-state index in [1.54, 1.807) is 24.5 Å². The molecular weight excluding hydrogens is 292 g/mol. The van der Waals surface area contributed by atoms with Gasteiger partial charge in [0.1, 0.15) is 0 Å². The van der Waals surface area contributed by atoms with Crippen LogP contribution in [0.4, 0.5) is 0 Å². The predicted octanol–water partition coefficient (Wildman–Crippen LogP) is 3.34. The van der Waals surface area contributed by atoms with Crippen molar-refractivity contribution in [1.82, 2.24) is 10.3 Å². The van der Waals surface area contributed by atoms with E-state index in [0.717, 1.165) is 10.0 Å². The third-order valence-corrected chi connectivity index (χ3v) is 3.11. The second-order valence-electron chi connectivity index (χ2n) is 3.99. The van der Waals surface area contributed by atoms with Gasteiger partial charge in [-0.05, 0) is 36.8 Å². The average Bonchev–Trinajstić information content (AvgIpc) is 2.39. The Hall–Kier alpha value is -1.68. The van der Waals surface area contributed by atoms with Gasteiger partial charge < -0.3 is 5.32 Å². The Morgan fingerprint density at radius 2 is 2.17 bits per heavy atom. The van der Waals surface area contributed by atoms with E-state index in [1.807, 2.05) is 31.2 Å². The molecule has 0 saturated heterocycles. The van der Waals surface area contributed by atoms with Crippen LogP contribution in [0.2, 0.25) is 0 Å². The second kappa shape index (κ2) is 5.78. The van der Waals surface area contributed by atoms with Crippen LogP contribution in [-0.4, -0.2) is 10.9 Å². The fraction of sp³-hybridized carbons (Fsp3) is 0.143. The molecule has 0 aliphatic carbocycles. The van der Waals surface area contributed by atoms with Gasteiger partial charge in [0.05, 0.1) is 11.6 Å². The molecule has 0 aliphatic rings. The lowest BCUT2D eigenvalue weighted by molar-refractivity contribution is 0.0939. The summed E-state index contributed by atoms with van der Waals surface area (Å²) in [5, 5.41) is 2.94. The molecule has 0 radical (unpaired) electrons. The summed E-state index contributed by atoms with van der Waals surface area (Å²) in [6.07, 6.45) is 3.21. The maximum atomic E-state index is 12.0. The minimum Gasteiger partial charge on any atom is -0.345 e. The Balaban J connectivity index is 2.08. The highest BCUT2D eigenvalue weighted by atomic mass is 79.9. The minimum atomic E-state index is -0.115. The molecule has 0 spiro atoms. The van der Waals surface area contributed by atoms with Gasteiger partial charge in [-0.3, -0.25) is 9.78 Å². The molecule has 2 aromatic rings. The van der Waals surface area contributed by atoms with Crippen molar-refractivity contribution in [3.8, 4) is 0 Å². The highest BCUT2D eigenvalue weighted by molar-refractivity contribution is 9.10. The summed E-state index contributed by atoms with van der Waals surface area (Å²) in [5.41, 5.74) is 1.63. The lowest BCUT2D eigenvalue weighted by Crippen LogP contribution is -2.26. The number of carbonyl (C=O) groups is 1. The topological polar surface area (TPSA) is 42.0 Å². The van der Waals surface area contributed by atoms with Gasteiger partial charge >= 0.3 is 0 Å². The van der Waals surface area contributed by atoms with Gasteiger partial charge in [0.2, 0.25) is 0 Å². The molecule has 18 heavy (non-hydrogen) atoms. The molecule has 2 rings (SSSR count). The van der Waals surface area contributed by atoms with Crippen LogP contribution in [0.1, 0.15) is 28.9 Å². The van der Waals surface area contributed by atoms with Gasteiger partial charge in [-0.15, -0.1) is 0 Å². The number of nitrogens with zero attached hydrogens (tertiary/aromatic N) is 1. The summed E-state index contributed by atoms with van der Waals surface area (Å²) in [6, 6.07) is 11.3. The number of amides is 1. The SMILES string of the molecule is C[C@H](NC(=O)c1cccnc1)c1cccc(Br)c1. The van der Waals surface area contributed by atoms with Crippen LogP contribution in [0, 0.1) is 0 Å². The van der Waals surface area contributed by atoms with Crippen molar-refractivity contribution >= 4 is 21.8 Å². The molecule has 4 heteroatoms. The van der Waals surface area contributed by atoms with Crippen molar-refractivity contribution in [3.63, 3.8) is 0 Å². The number of halogens is 1. The number of rotatable bonds is 3. The smallest absolute Gasteiger partial charge is 0.253 e. The van der Waals surface area contributed by atoms with E-state index in [9.17, 15) is 4.79 Å². The minimum absolute atomic E-state index is 0.0461. The molecule has 92 valence electrons. The average molecular weight is 305 g/mol. The molecule has 0 unspecified atom stereocenters. The van der Waals surface area contributed by atoms with E-state index in [2.05, 4.69) is 26.2 Å². The van der Waals surface area contributed by atoms with Crippen LogP contribution in [0.3, 0.4) is 0 Å². The maximum Gasteiger partial charge on any atom is 0.253 e. The van der Waals surface area contributed by atoms with Gasteiger partial charge in [-0.2, -0.15) is 0 Å². The fourth-order valence-electron chi connectivity index (χ4n) is 1.64. The number of carbonyl (C=O) groups excluding carboxylic acids is 1. The number of hydrogen-bond donors (Lipinski definition) is 1. The molecule has 0 fully saturated rings. The maximum absolute atomic E-state index is 12.0. The molecular formula is C14H13BrN2O. The quantitative estimate of drug-likeness (QED) is 0.945. The lowest BCUT2D eigenvalue weighted by atomic mass is 10.1. The molecule has 3 nitrogen and oxygen atoms in total. The molecule has 1 atom stereocenters. The largest absolute Gasteiger partial charge is 0.345 e. The van der Waals surface area contributed by atoms with E-state index in [0.29, 0.717) is 5.56 Å². The number of nitrogens with one attached hydrogen (secondary N) is 1. The Morgan fingerprint density at radius 3 is 2.83 bits per heavy atom. The summed E-state index contributed by atoms with van der Waals surface area (Å²) >= 11 is 3.42. The number of pyridine rings is 1. The van der Waals surface area contributed by atoms with E-state index in [4.69, 9.17) is 0 Å². The first-order valence-electron chi connectivity index (χ1n) is 5.63. The summed E-state index contributed by atoms with van der Waals surface area (Å²) in [7, 11) is 0. The fourth-order valence-corrected chi connectivity index (χ4v) is 2.05. The molecule has 1 heterocycles. The van der Waals surface area contributed by atoms with Gasteiger partial charge in [0, 0.05) is 16.9 Å². The van der Waals surface area contributed by atoms with Crippen molar-refractivity contribution in [2.45, 2.75) is 13.0 Å². The van der Waals surface area contributed by atoms with Crippen molar-refractivity contribution in [2.75, 3.05) is 0 Å². The predicted molar refractivity (Wildman–Crippen MR) is 74.3 cm³/mol. The third-order valence-electron chi connectivity index (χ3n) is 2.62. The summed E-state index contributed by atoms with van der Waals surface area (Å²) < 4.78 is 1.00. The second-order valence-corrected chi connectivity index (χ2v) is 4.91. The van der Waals surface area contributed by atoms with Crippen LogP contribution in [0.25, 0.3) is 0 Å². The Bertz CT molecular complexity index is 543. The van der Waals surface area contributed by atoms with E-state index < -0.39 is 0 Å². The molecule has 1 aromatic carbocycles. The van der Waals surface area contributed by atoms with Gasteiger partial charge in [0.15, 0.2) is 0 Å². The zero-order valence-electron chi connectivity index (χ0n) is 9.93. The first-order valence-corrected chi connectivity index (χ1v) is 6.42. The van der Waals surface area contributed by atoms with E-state index >= 15 is 0 Å². The summed E-state index contributed by atoms with van der Waals surface area (Å²) in [6.45, 7) is 1.95. The van der Waals surface area contributed by atoms with E-state index in [1.165, 1.54) is 0 Å². The molecule has 1 aromatic heterocycles. The van der Waals surface area contributed by atoms with Crippen molar-refractivity contribution < 1.29 is 4.79 Å². The number of aromatic nitrogens is 1. The Morgan fingerprint density at radius 1 is 1.33 bits per heavy atom. The first-order chi connectivity index (χ1) is 8.66. The third kappa shape index (κ3) is 3.17. The van der Waals surface area contributed by atoms with E-state index in [-0.39, 0.29) is 11.9 Å². The van der Waals surface area contributed by atoms with Crippen LogP contribution in [0.5, 0.6) is 0 Å². The lowest BCUT2D eigenvalue weighted by Gasteiger charge is -2.14. The highest BCUT2D eigenvalue weighted by Gasteiger charge is 2.11. The van der Waals surface area contributed by atoms with Crippen LogP contribution in [0.15, 0.2) is 53.3 Å². The molecule has 1 amide bonds. The highest BCUT2D eigenvalue weighted by Crippen LogP contribution is 2.18. The van der Waals surface area contributed by atoms with Crippen LogP contribution in [-0.2, 0) is 0 Å². The Kier molecular flexibility index (Phi) is 4.10. The molecule has 1 N–H and O–H groups in total. The molecule has 0 aliphatic heterocycles. The molecule has 0 saturated carbocycles. The van der Waals surface area contributed by atoms with Crippen molar-refractivity contribution in [3.05, 3.63) is 64.4 Å². The molecule has 0 bridgehead atoms. The zero-order chi connectivity index (χ0) is 13.0. The van der Waals surface area contributed by atoms with Gasteiger partial charge in [0.25, 0.3) is 5.91 Å². The normalized spacial score (nSPS) is 11.9. The van der Waals surface area contributed by atoms with Crippen LogP contribution >= 0.6 is 15.9 Å². The zero-order valence-corrected chi connectivity index (χ0v) is 11.5. The first kappa shape index (κ1) is 12.8. The van der Waals surface area contributed by atoms with Gasteiger partial charge in [-0.25, -0.2) is 0 Å². The van der Waals surface area contributed by atoms with Crippen LogP contribution < -0.4 is 5.32 Å². The number of hydrogen-bond acceptors (Lipinski definition) is 2. The Labute approximate surface area is 114 Å². The monoisotopic (exact) mass is 304 g/mol. The van der Waals surface area contributed by atoms with Crippen molar-refractivity contribution in [2.24, 2.45) is 0 Å². The summed E-state index contributed by atoms with van der Waals surface area (Å²) in [4.78, 5) is 15.9. The van der Waals surface area contributed by atoms with Gasteiger partial charge in [-0.1, -0.05) is 28.1 Å². The number of benzene rings is 1. The standard InChI is InChI=1S/C14H13BrN2O/c1-10(11-4-2-6-13(15)8-11)17-14(18)12-5-3-7-16-9-12/h2-10H,1H3,(H,17,18)/t10-/m0/s1. The van der Waals surface area contributed by atoms with Crippen molar-refractivity contribution in [1.29, 1.82) is 0 Å². The summed E-state index contributed by atoms with van der Waals surface area (Å²) in [5.74, 6) is -0.115.